The fraction of sp³-hybridized carbons (Fsp3) is 0.140. The molecule has 0 radical (unpaired) electrons. The lowest BCUT2D eigenvalue weighted by Gasteiger charge is -2.05. The standard InChI is InChI=1S/C43H38N6/c1-2-49-42-8-6-32-26-40(42)41-27-33(7-9-43(41)49)29-46-20-12-35(13-21-46)37-16-24-48(25-17-37)31-39-5-3-4-38(44-39)30-47-22-14-36(15-23-47)34-10-18-45(28-32)19-11-34/h3-27H,2,28-31H2,1H3/q+4. The second-order valence-electron chi connectivity index (χ2n) is 13.1. The smallest absolute Gasteiger partial charge is 0.190 e. The van der Waals surface area contributed by atoms with E-state index in [0.717, 1.165) is 44.1 Å². The average Bonchev–Trinajstić information content (AvgIpc) is 3.45. The van der Waals surface area contributed by atoms with E-state index in [1.165, 1.54) is 55.2 Å². The average molecular weight is 639 g/mol. The molecule has 0 saturated heterocycles. The molecule has 0 N–H and O–H groups in total. The van der Waals surface area contributed by atoms with Gasteiger partial charge in [-0.1, -0.05) is 18.2 Å². The molecule has 8 aromatic rings. The summed E-state index contributed by atoms with van der Waals surface area (Å²) < 4.78 is 11.3. The summed E-state index contributed by atoms with van der Waals surface area (Å²) in [6, 6.07) is 37.9. The lowest BCUT2D eigenvalue weighted by atomic mass is 10.1. The van der Waals surface area contributed by atoms with Crippen LogP contribution in [0.15, 0.2) is 153 Å². The predicted molar refractivity (Wildman–Crippen MR) is 190 cm³/mol. The molecular weight excluding hydrogens is 601 g/mol. The number of pyridine rings is 5. The number of hydrogen-bond acceptors (Lipinski definition) is 1. The molecule has 6 heteroatoms. The summed E-state index contributed by atoms with van der Waals surface area (Å²) in [5, 5.41) is 2.64. The van der Waals surface area contributed by atoms with Crippen LogP contribution in [-0.4, -0.2) is 9.55 Å². The molecule has 236 valence electrons. The van der Waals surface area contributed by atoms with Crippen molar-refractivity contribution in [3.8, 4) is 22.3 Å². The highest BCUT2D eigenvalue weighted by Crippen LogP contribution is 2.31. The Morgan fingerprint density at radius 1 is 0.469 bits per heavy atom. The molecule has 0 aliphatic carbocycles. The van der Waals surface area contributed by atoms with E-state index >= 15 is 0 Å². The fourth-order valence-electron chi connectivity index (χ4n) is 7.26. The zero-order valence-corrected chi connectivity index (χ0v) is 27.7. The molecule has 7 aliphatic heterocycles. The minimum absolute atomic E-state index is 0.725. The monoisotopic (exact) mass is 638 g/mol. The van der Waals surface area contributed by atoms with E-state index in [1.54, 1.807) is 0 Å². The molecule has 0 fully saturated rings. The summed E-state index contributed by atoms with van der Waals surface area (Å²) in [4.78, 5) is 4.98. The van der Waals surface area contributed by atoms with Crippen LogP contribution in [0.4, 0.5) is 0 Å². The number of nitrogens with zero attached hydrogens (tertiary/aromatic N) is 6. The molecule has 0 spiro atoms. The first-order chi connectivity index (χ1) is 24.1. The van der Waals surface area contributed by atoms with E-state index in [0.29, 0.717) is 0 Å². The Balaban J connectivity index is 1.11. The Morgan fingerprint density at radius 3 is 1.20 bits per heavy atom. The zero-order valence-electron chi connectivity index (χ0n) is 27.7. The zero-order chi connectivity index (χ0) is 32.7. The van der Waals surface area contributed by atoms with E-state index in [2.05, 4.69) is 182 Å². The second kappa shape index (κ2) is 12.2. The molecular formula is C43H38N6+4. The molecule has 0 unspecified atom stereocenters. The third-order valence-corrected chi connectivity index (χ3v) is 9.83. The SMILES string of the molecule is CCn1c2ccc3cc2c2cc(ccc21)C[n+]1ccc(cc1)-c1cc[n+](cc1)Cc1cccc(n1)C[n+]1ccc(cc1)-c1cc[n+](cc1)C3. The number of aromatic nitrogens is 6. The topological polar surface area (TPSA) is 33.3 Å². The summed E-state index contributed by atoms with van der Waals surface area (Å²) in [5.74, 6) is 0. The van der Waals surface area contributed by atoms with Gasteiger partial charge >= 0.3 is 0 Å². The van der Waals surface area contributed by atoms with Crippen LogP contribution in [0.1, 0.15) is 29.4 Å². The van der Waals surface area contributed by atoms with Gasteiger partial charge in [-0.3, -0.25) is 0 Å². The third kappa shape index (κ3) is 5.76. The van der Waals surface area contributed by atoms with E-state index < -0.39 is 0 Å². The van der Waals surface area contributed by atoms with Crippen molar-refractivity contribution in [2.24, 2.45) is 0 Å². The van der Waals surface area contributed by atoms with Gasteiger partial charge < -0.3 is 4.57 Å². The highest BCUT2D eigenvalue weighted by atomic mass is 15.0. The Labute approximate surface area is 286 Å². The Kier molecular flexibility index (Phi) is 7.27. The summed E-state index contributed by atoms with van der Waals surface area (Å²) in [7, 11) is 0. The summed E-state index contributed by atoms with van der Waals surface area (Å²) >= 11 is 0. The molecule has 0 saturated carbocycles. The van der Waals surface area contributed by atoms with Crippen LogP contribution in [0.2, 0.25) is 0 Å². The van der Waals surface area contributed by atoms with Crippen molar-refractivity contribution >= 4 is 21.8 Å². The normalized spacial score (nSPS) is 12.8. The van der Waals surface area contributed by atoms with Gasteiger partial charge in [-0.25, -0.2) is 14.1 Å². The first-order valence-electron chi connectivity index (χ1n) is 17.1. The highest BCUT2D eigenvalue weighted by molar-refractivity contribution is 6.08. The van der Waals surface area contributed by atoms with Crippen LogP contribution in [0, 0.1) is 0 Å². The number of aryl methyl sites for hydroxylation is 1. The summed E-state index contributed by atoms with van der Waals surface area (Å²) in [5.41, 5.74) is 12.1. The van der Waals surface area contributed by atoms with Crippen molar-refractivity contribution in [1.29, 1.82) is 0 Å². The molecule has 14 bridgehead atoms. The van der Waals surface area contributed by atoms with Crippen LogP contribution in [-0.2, 0) is 32.7 Å². The Bertz CT molecular complexity index is 2280. The van der Waals surface area contributed by atoms with Crippen LogP contribution >= 0.6 is 0 Å². The van der Waals surface area contributed by atoms with E-state index in [4.69, 9.17) is 4.98 Å². The van der Waals surface area contributed by atoms with Crippen LogP contribution in [0.3, 0.4) is 0 Å². The maximum absolute atomic E-state index is 4.98. The van der Waals surface area contributed by atoms with Crippen molar-refractivity contribution < 1.29 is 18.3 Å². The largest absolute Gasteiger partial charge is 0.341 e. The van der Waals surface area contributed by atoms with Crippen molar-refractivity contribution in [3.05, 3.63) is 175 Å². The second-order valence-corrected chi connectivity index (χ2v) is 13.1. The van der Waals surface area contributed by atoms with E-state index in [1.807, 2.05) is 0 Å². The van der Waals surface area contributed by atoms with Gasteiger partial charge in [0.15, 0.2) is 75.8 Å². The molecule has 6 nitrogen and oxygen atoms in total. The van der Waals surface area contributed by atoms with Crippen LogP contribution in [0.5, 0.6) is 0 Å². The third-order valence-electron chi connectivity index (χ3n) is 9.83. The number of rotatable bonds is 1. The van der Waals surface area contributed by atoms with E-state index in [-0.39, 0.29) is 0 Å². The lowest BCUT2D eigenvalue weighted by molar-refractivity contribution is -0.690. The molecule has 15 rings (SSSR count). The van der Waals surface area contributed by atoms with Gasteiger partial charge in [-0.15, -0.1) is 0 Å². The van der Waals surface area contributed by atoms with Gasteiger partial charge in [0.25, 0.3) is 0 Å². The van der Waals surface area contributed by atoms with Crippen molar-refractivity contribution in [2.75, 3.05) is 0 Å². The van der Waals surface area contributed by atoms with Gasteiger partial charge in [0.05, 0.1) is 0 Å². The van der Waals surface area contributed by atoms with Gasteiger partial charge in [0, 0.05) is 88.0 Å². The van der Waals surface area contributed by atoms with Gasteiger partial charge in [-0.05, 0) is 65.6 Å². The Morgan fingerprint density at radius 2 is 0.837 bits per heavy atom. The van der Waals surface area contributed by atoms with Gasteiger partial charge in [0.2, 0.25) is 0 Å². The number of hydrogen-bond donors (Lipinski definition) is 0. The highest BCUT2D eigenvalue weighted by Gasteiger charge is 2.15. The Hall–Kier alpha value is -6.01. The molecule has 49 heavy (non-hydrogen) atoms. The fourth-order valence-corrected chi connectivity index (χ4v) is 7.26. The molecule has 6 aromatic heterocycles. The van der Waals surface area contributed by atoms with Crippen molar-refractivity contribution in [3.63, 3.8) is 0 Å². The minimum Gasteiger partial charge on any atom is -0.341 e. The number of benzene rings is 2. The predicted octanol–water partition coefficient (Wildman–Crippen LogP) is 6.20. The van der Waals surface area contributed by atoms with Crippen LogP contribution in [0.25, 0.3) is 44.1 Å². The lowest BCUT2D eigenvalue weighted by Crippen LogP contribution is -2.35. The van der Waals surface area contributed by atoms with Crippen molar-refractivity contribution in [2.45, 2.75) is 39.6 Å². The quantitative estimate of drug-likeness (QED) is 0.197. The summed E-state index contributed by atoms with van der Waals surface area (Å²) in [6.07, 6.45) is 17.3. The molecule has 7 aliphatic rings. The molecule has 0 atom stereocenters. The first kappa shape index (κ1) is 29.2. The van der Waals surface area contributed by atoms with Crippen molar-refractivity contribution in [1.82, 2.24) is 9.55 Å². The van der Waals surface area contributed by atoms with Crippen LogP contribution < -0.4 is 18.3 Å². The maximum Gasteiger partial charge on any atom is 0.190 e. The maximum atomic E-state index is 4.98. The molecule has 2 aromatic carbocycles. The van der Waals surface area contributed by atoms with Gasteiger partial charge in [-0.2, -0.15) is 9.13 Å². The first-order valence-corrected chi connectivity index (χ1v) is 17.1. The molecule has 13 heterocycles. The minimum atomic E-state index is 0.725. The molecule has 0 amide bonds. The van der Waals surface area contributed by atoms with Gasteiger partial charge in [0.1, 0.15) is 11.4 Å². The van der Waals surface area contributed by atoms with E-state index in [9.17, 15) is 0 Å². The summed E-state index contributed by atoms with van der Waals surface area (Å²) in [6.45, 7) is 6.26.